The van der Waals surface area contributed by atoms with Gasteiger partial charge >= 0.3 is 0 Å². The van der Waals surface area contributed by atoms with Crippen LogP contribution in [-0.2, 0) is 9.84 Å². The van der Waals surface area contributed by atoms with Crippen molar-refractivity contribution in [2.24, 2.45) is 0 Å². The van der Waals surface area contributed by atoms with E-state index in [0.717, 1.165) is 5.69 Å². The Kier molecular flexibility index (Phi) is 4.67. The van der Waals surface area contributed by atoms with Gasteiger partial charge in [0.15, 0.2) is 9.84 Å². The van der Waals surface area contributed by atoms with Crippen LogP contribution < -0.4 is 10.6 Å². The number of nitriles is 1. The van der Waals surface area contributed by atoms with Crippen molar-refractivity contribution in [2.75, 3.05) is 16.8 Å². The van der Waals surface area contributed by atoms with Crippen molar-refractivity contribution in [1.29, 1.82) is 5.26 Å². The van der Waals surface area contributed by atoms with Gasteiger partial charge in [-0.3, -0.25) is 9.78 Å². The summed E-state index contributed by atoms with van der Waals surface area (Å²) in [6.07, 6.45) is 3.45. The Morgan fingerprint density at radius 1 is 1.20 bits per heavy atom. The average Bonchev–Trinajstić information content (AvgIpc) is 2.94. The fraction of sp³-hybridized carbons (Fsp3) is 0.235. The minimum Gasteiger partial charge on any atom is -0.354 e. The number of sulfone groups is 1. The van der Waals surface area contributed by atoms with E-state index in [1.54, 1.807) is 36.5 Å². The lowest BCUT2D eigenvalue weighted by Gasteiger charge is -2.12. The second kappa shape index (κ2) is 6.91. The van der Waals surface area contributed by atoms with E-state index in [2.05, 4.69) is 15.6 Å². The second-order valence-electron chi connectivity index (χ2n) is 5.85. The number of nitrogens with one attached hydrogen (secondary N) is 2. The molecule has 1 saturated heterocycles. The maximum absolute atomic E-state index is 12.3. The van der Waals surface area contributed by atoms with Gasteiger partial charge in [-0.15, -0.1) is 0 Å². The molecule has 2 heterocycles. The van der Waals surface area contributed by atoms with Crippen LogP contribution in [0.3, 0.4) is 0 Å². The first-order valence-electron chi connectivity index (χ1n) is 7.69. The number of nitrogens with zero attached hydrogens (tertiary/aromatic N) is 2. The maximum Gasteiger partial charge on any atom is 0.253 e. The summed E-state index contributed by atoms with van der Waals surface area (Å²) in [5.41, 5.74) is 2.29. The predicted octanol–water partition coefficient (Wildman–Crippen LogP) is 1.61. The summed E-state index contributed by atoms with van der Waals surface area (Å²) in [7, 11) is -3.04. The van der Waals surface area contributed by atoms with Crippen LogP contribution in [0, 0.1) is 11.3 Å². The van der Waals surface area contributed by atoms with Gasteiger partial charge in [0.25, 0.3) is 5.91 Å². The van der Waals surface area contributed by atoms with Crippen molar-refractivity contribution in [3.8, 4) is 6.07 Å². The molecule has 25 heavy (non-hydrogen) atoms. The minimum atomic E-state index is -3.04. The zero-order chi connectivity index (χ0) is 17.9. The molecule has 1 amide bonds. The summed E-state index contributed by atoms with van der Waals surface area (Å²) >= 11 is 0. The van der Waals surface area contributed by atoms with Gasteiger partial charge in [-0.2, -0.15) is 5.26 Å². The van der Waals surface area contributed by atoms with E-state index >= 15 is 0 Å². The number of rotatable bonds is 4. The highest BCUT2D eigenvalue weighted by atomic mass is 32.2. The van der Waals surface area contributed by atoms with Crippen molar-refractivity contribution in [2.45, 2.75) is 12.5 Å². The molecule has 3 rings (SSSR count). The van der Waals surface area contributed by atoms with Gasteiger partial charge in [0.05, 0.1) is 40.6 Å². The van der Waals surface area contributed by atoms with E-state index in [4.69, 9.17) is 5.26 Å². The molecule has 7 nitrogen and oxygen atoms in total. The average molecular weight is 356 g/mol. The van der Waals surface area contributed by atoms with E-state index < -0.39 is 9.84 Å². The summed E-state index contributed by atoms with van der Waals surface area (Å²) in [6, 6.07) is 10.2. The Bertz CT molecular complexity index is 933. The van der Waals surface area contributed by atoms with E-state index in [0.29, 0.717) is 23.2 Å². The molecule has 2 N–H and O–H groups in total. The molecule has 1 aromatic heterocycles. The lowest BCUT2D eigenvalue weighted by atomic mass is 10.2. The first-order valence-corrected chi connectivity index (χ1v) is 9.51. The third kappa shape index (κ3) is 4.33. The third-order valence-corrected chi connectivity index (χ3v) is 5.64. The van der Waals surface area contributed by atoms with E-state index in [9.17, 15) is 13.2 Å². The molecule has 1 unspecified atom stereocenters. The number of carbonyl (C=O) groups excluding carboxylic acids is 1. The van der Waals surface area contributed by atoms with Crippen LogP contribution in [0.1, 0.15) is 22.3 Å². The third-order valence-electron chi connectivity index (χ3n) is 3.87. The Balaban J connectivity index is 1.68. The van der Waals surface area contributed by atoms with Gasteiger partial charge in [0, 0.05) is 17.9 Å². The number of hydrogen-bond acceptors (Lipinski definition) is 6. The molecule has 0 spiro atoms. The molecular weight excluding hydrogens is 340 g/mol. The Morgan fingerprint density at radius 2 is 1.96 bits per heavy atom. The normalized spacial score (nSPS) is 18.3. The fourth-order valence-electron chi connectivity index (χ4n) is 2.60. The number of carbonyl (C=O) groups is 1. The van der Waals surface area contributed by atoms with Gasteiger partial charge in [-0.1, -0.05) is 0 Å². The van der Waals surface area contributed by atoms with Crippen LogP contribution in [0.15, 0.2) is 42.7 Å². The molecule has 1 aliphatic rings. The number of hydrogen-bond donors (Lipinski definition) is 2. The maximum atomic E-state index is 12.3. The molecule has 8 heteroatoms. The highest BCUT2D eigenvalue weighted by molar-refractivity contribution is 7.91. The summed E-state index contributed by atoms with van der Waals surface area (Å²) < 4.78 is 22.9. The minimum absolute atomic E-state index is 0.0185. The van der Waals surface area contributed by atoms with Crippen LogP contribution >= 0.6 is 0 Å². The Morgan fingerprint density at radius 3 is 2.60 bits per heavy atom. The highest BCUT2D eigenvalue weighted by Crippen LogP contribution is 2.18. The van der Waals surface area contributed by atoms with Crippen LogP contribution in [0.2, 0.25) is 0 Å². The Hall–Kier alpha value is -2.92. The van der Waals surface area contributed by atoms with Crippen LogP contribution in [-0.4, -0.2) is 36.9 Å². The zero-order valence-corrected chi connectivity index (χ0v) is 14.1. The van der Waals surface area contributed by atoms with Crippen molar-refractivity contribution in [1.82, 2.24) is 10.3 Å². The standard InChI is InChI=1S/C17H16N4O3S/c18-8-12-1-3-14(4-2-12)20-16-7-13(9-19-10-16)17(22)21-15-5-6-25(23,24)11-15/h1-4,7,9-10,15,20H,5-6,11H2,(H,21,22). The first-order chi connectivity index (χ1) is 11.9. The SMILES string of the molecule is N#Cc1ccc(Nc2cncc(C(=O)NC3CCS(=O)(=O)C3)c2)cc1. The number of benzene rings is 1. The van der Waals surface area contributed by atoms with Crippen molar-refractivity contribution in [3.63, 3.8) is 0 Å². The predicted molar refractivity (Wildman–Crippen MR) is 93.2 cm³/mol. The first kappa shape index (κ1) is 16.9. The zero-order valence-electron chi connectivity index (χ0n) is 13.3. The van der Waals surface area contributed by atoms with Crippen molar-refractivity contribution in [3.05, 3.63) is 53.9 Å². The lowest BCUT2D eigenvalue weighted by Crippen LogP contribution is -2.35. The summed E-state index contributed by atoms with van der Waals surface area (Å²) in [6.45, 7) is 0. The van der Waals surface area contributed by atoms with Gasteiger partial charge in [0.2, 0.25) is 0 Å². The summed E-state index contributed by atoms with van der Waals surface area (Å²) in [4.78, 5) is 16.3. The number of amides is 1. The highest BCUT2D eigenvalue weighted by Gasteiger charge is 2.29. The summed E-state index contributed by atoms with van der Waals surface area (Å²) in [5.74, 6) is -0.260. The lowest BCUT2D eigenvalue weighted by molar-refractivity contribution is 0.0941. The Labute approximate surface area is 145 Å². The topological polar surface area (TPSA) is 112 Å². The largest absolute Gasteiger partial charge is 0.354 e. The molecule has 0 bridgehead atoms. The van der Waals surface area contributed by atoms with Crippen LogP contribution in [0.25, 0.3) is 0 Å². The second-order valence-corrected chi connectivity index (χ2v) is 8.08. The van der Waals surface area contributed by atoms with E-state index in [1.165, 1.54) is 6.20 Å². The quantitative estimate of drug-likeness (QED) is 0.861. The number of aromatic nitrogens is 1. The van der Waals surface area contributed by atoms with Crippen molar-refractivity contribution >= 4 is 27.1 Å². The van der Waals surface area contributed by atoms with E-state index in [1.807, 2.05) is 6.07 Å². The molecule has 0 aliphatic carbocycles. The van der Waals surface area contributed by atoms with Crippen molar-refractivity contribution < 1.29 is 13.2 Å². The molecule has 2 aromatic rings. The van der Waals surface area contributed by atoms with Gasteiger partial charge in [-0.25, -0.2) is 8.42 Å². The molecular formula is C17H16N4O3S. The molecule has 1 aliphatic heterocycles. The molecule has 1 fully saturated rings. The number of anilines is 2. The van der Waals surface area contributed by atoms with E-state index in [-0.39, 0.29) is 23.5 Å². The molecule has 0 radical (unpaired) electrons. The summed E-state index contributed by atoms with van der Waals surface area (Å²) in [5, 5.41) is 14.6. The van der Waals surface area contributed by atoms with Gasteiger partial charge in [-0.05, 0) is 36.8 Å². The molecule has 1 atom stereocenters. The van der Waals surface area contributed by atoms with Crippen LogP contribution in [0.4, 0.5) is 11.4 Å². The monoisotopic (exact) mass is 356 g/mol. The smallest absolute Gasteiger partial charge is 0.253 e. The van der Waals surface area contributed by atoms with Gasteiger partial charge in [0.1, 0.15) is 0 Å². The van der Waals surface area contributed by atoms with Crippen LogP contribution in [0.5, 0.6) is 0 Å². The fourth-order valence-corrected chi connectivity index (χ4v) is 4.28. The molecule has 1 aromatic carbocycles. The van der Waals surface area contributed by atoms with Gasteiger partial charge < -0.3 is 10.6 Å². The molecule has 0 saturated carbocycles. The molecule has 128 valence electrons. The number of pyridine rings is 1.